The summed E-state index contributed by atoms with van der Waals surface area (Å²) < 4.78 is 0. The van der Waals surface area contributed by atoms with Crippen LogP contribution in [0.5, 0.6) is 0 Å². The van der Waals surface area contributed by atoms with E-state index < -0.39 is 11.9 Å². The van der Waals surface area contributed by atoms with Gasteiger partial charge in [0, 0.05) is 12.8 Å². The summed E-state index contributed by atoms with van der Waals surface area (Å²) in [6.45, 7) is 4.56. The maximum Gasteiger partial charge on any atom is 0.303 e. The fourth-order valence-electron chi connectivity index (χ4n) is 6.08. The second-order valence-corrected chi connectivity index (χ2v) is 12.4. The molecule has 0 amide bonds. The van der Waals surface area contributed by atoms with Crippen LogP contribution < -0.4 is 0 Å². The molecule has 0 fully saturated rings. The quantitative estimate of drug-likeness (QED) is 0.0629. The summed E-state index contributed by atoms with van der Waals surface area (Å²) in [5, 5.41) is 17.7. The third-order valence-electron chi connectivity index (χ3n) is 8.62. The van der Waals surface area contributed by atoms with Crippen molar-refractivity contribution < 1.29 is 19.8 Å². The Morgan fingerprint density at radius 2 is 0.800 bits per heavy atom. The largest absolute Gasteiger partial charge is 0.481 e. The SMILES string of the molecule is CCCCC/C=C/CCC(CCCCCCCC(=O)O)C(CCCCCCCC)CCCCCCCCC(=O)O. The van der Waals surface area contributed by atoms with Crippen LogP contribution in [-0.4, -0.2) is 22.2 Å². The monoisotopic (exact) mass is 565 g/mol. The third kappa shape index (κ3) is 28.2. The maximum absolute atomic E-state index is 10.8. The summed E-state index contributed by atoms with van der Waals surface area (Å²) in [6.07, 6.45) is 37.9. The molecule has 4 nitrogen and oxygen atoms in total. The first-order chi connectivity index (χ1) is 19.5. The van der Waals surface area contributed by atoms with Crippen LogP contribution in [0, 0.1) is 11.8 Å². The van der Waals surface area contributed by atoms with E-state index in [9.17, 15) is 9.59 Å². The van der Waals surface area contributed by atoms with Crippen LogP contribution in [-0.2, 0) is 9.59 Å². The molecule has 0 heterocycles. The molecule has 2 atom stereocenters. The van der Waals surface area contributed by atoms with Crippen molar-refractivity contribution in [1.29, 1.82) is 0 Å². The Kier molecular flexibility index (Phi) is 29.6. The van der Waals surface area contributed by atoms with Gasteiger partial charge >= 0.3 is 11.9 Å². The van der Waals surface area contributed by atoms with Crippen LogP contribution in [0.15, 0.2) is 12.2 Å². The van der Waals surface area contributed by atoms with Crippen LogP contribution in [0.1, 0.15) is 194 Å². The number of hydrogen-bond acceptors (Lipinski definition) is 2. The molecule has 0 radical (unpaired) electrons. The van der Waals surface area contributed by atoms with Crippen molar-refractivity contribution in [3.8, 4) is 0 Å². The number of carboxylic acid groups (broad SMARTS) is 2. The van der Waals surface area contributed by atoms with E-state index in [1.807, 2.05) is 0 Å². The summed E-state index contributed by atoms with van der Waals surface area (Å²) in [5.41, 5.74) is 0. The molecule has 0 aromatic carbocycles. The van der Waals surface area contributed by atoms with Crippen LogP contribution >= 0.6 is 0 Å². The molecule has 0 aromatic rings. The molecule has 0 aliphatic rings. The van der Waals surface area contributed by atoms with Gasteiger partial charge in [0.15, 0.2) is 0 Å². The van der Waals surface area contributed by atoms with E-state index in [1.165, 1.54) is 141 Å². The molecule has 4 heteroatoms. The van der Waals surface area contributed by atoms with Crippen LogP contribution in [0.25, 0.3) is 0 Å². The smallest absolute Gasteiger partial charge is 0.303 e. The van der Waals surface area contributed by atoms with Crippen molar-refractivity contribution in [2.45, 2.75) is 194 Å². The van der Waals surface area contributed by atoms with E-state index in [1.54, 1.807) is 0 Å². The van der Waals surface area contributed by atoms with Gasteiger partial charge in [-0.1, -0.05) is 154 Å². The number of carboxylic acids is 2. The number of unbranched alkanes of at least 4 members (excludes halogenated alkanes) is 17. The summed E-state index contributed by atoms with van der Waals surface area (Å²) in [4.78, 5) is 21.5. The van der Waals surface area contributed by atoms with Crippen LogP contribution in [0.2, 0.25) is 0 Å². The highest BCUT2D eigenvalue weighted by molar-refractivity contribution is 5.66. The second kappa shape index (κ2) is 30.6. The highest BCUT2D eigenvalue weighted by Crippen LogP contribution is 2.33. The highest BCUT2D eigenvalue weighted by Gasteiger charge is 2.20. The first-order valence-electron chi connectivity index (χ1n) is 17.6. The fourth-order valence-corrected chi connectivity index (χ4v) is 6.08. The van der Waals surface area contributed by atoms with Crippen LogP contribution in [0.4, 0.5) is 0 Å². The molecule has 0 rings (SSSR count). The lowest BCUT2D eigenvalue weighted by molar-refractivity contribution is -0.138. The zero-order chi connectivity index (χ0) is 29.5. The van der Waals surface area contributed by atoms with Gasteiger partial charge in [-0.15, -0.1) is 0 Å². The normalized spacial score (nSPS) is 13.2. The van der Waals surface area contributed by atoms with Gasteiger partial charge in [0.25, 0.3) is 0 Å². The molecule has 2 N–H and O–H groups in total. The molecule has 0 bridgehead atoms. The van der Waals surface area contributed by atoms with Crippen molar-refractivity contribution in [2.75, 3.05) is 0 Å². The number of rotatable bonds is 32. The minimum absolute atomic E-state index is 0.313. The first-order valence-corrected chi connectivity index (χ1v) is 17.6. The average molecular weight is 565 g/mol. The molecule has 40 heavy (non-hydrogen) atoms. The molecule has 0 spiro atoms. The molecule has 0 saturated carbocycles. The van der Waals surface area contributed by atoms with Gasteiger partial charge in [-0.05, 0) is 50.4 Å². The Labute approximate surface area is 249 Å². The first kappa shape index (κ1) is 38.7. The van der Waals surface area contributed by atoms with Crippen molar-refractivity contribution >= 4 is 11.9 Å². The Bertz CT molecular complexity index is 585. The van der Waals surface area contributed by atoms with Crippen molar-refractivity contribution in [1.82, 2.24) is 0 Å². The molecule has 0 saturated heterocycles. The Hall–Kier alpha value is -1.32. The minimum atomic E-state index is -0.667. The molecule has 0 aliphatic heterocycles. The number of aliphatic carboxylic acids is 2. The van der Waals surface area contributed by atoms with Gasteiger partial charge in [-0.25, -0.2) is 0 Å². The number of allylic oxidation sites excluding steroid dienone is 2. The third-order valence-corrected chi connectivity index (χ3v) is 8.62. The zero-order valence-corrected chi connectivity index (χ0v) is 26.8. The summed E-state index contributed by atoms with van der Waals surface area (Å²) in [7, 11) is 0. The van der Waals surface area contributed by atoms with E-state index >= 15 is 0 Å². The van der Waals surface area contributed by atoms with Crippen LogP contribution in [0.3, 0.4) is 0 Å². The van der Waals surface area contributed by atoms with E-state index in [4.69, 9.17) is 10.2 Å². The highest BCUT2D eigenvalue weighted by atomic mass is 16.4. The minimum Gasteiger partial charge on any atom is -0.481 e. The van der Waals surface area contributed by atoms with Crippen molar-refractivity contribution in [3.63, 3.8) is 0 Å². The Balaban J connectivity index is 4.82. The molecule has 2 unspecified atom stereocenters. The van der Waals surface area contributed by atoms with Gasteiger partial charge in [0.2, 0.25) is 0 Å². The van der Waals surface area contributed by atoms with Gasteiger partial charge in [-0.2, -0.15) is 0 Å². The number of hydrogen-bond donors (Lipinski definition) is 2. The van der Waals surface area contributed by atoms with E-state index in [0.717, 1.165) is 37.5 Å². The summed E-state index contributed by atoms with van der Waals surface area (Å²) in [6, 6.07) is 0. The van der Waals surface area contributed by atoms with Gasteiger partial charge < -0.3 is 10.2 Å². The maximum atomic E-state index is 10.8. The molecule has 236 valence electrons. The topological polar surface area (TPSA) is 74.6 Å². The zero-order valence-electron chi connectivity index (χ0n) is 26.8. The average Bonchev–Trinajstić information content (AvgIpc) is 2.92. The Morgan fingerprint density at radius 3 is 1.25 bits per heavy atom. The van der Waals surface area contributed by atoms with E-state index in [0.29, 0.717) is 12.8 Å². The Morgan fingerprint density at radius 1 is 0.450 bits per heavy atom. The van der Waals surface area contributed by atoms with E-state index in [2.05, 4.69) is 26.0 Å². The molecular formula is C36H68O4. The second-order valence-electron chi connectivity index (χ2n) is 12.4. The summed E-state index contributed by atoms with van der Waals surface area (Å²) >= 11 is 0. The van der Waals surface area contributed by atoms with Gasteiger partial charge in [-0.3, -0.25) is 9.59 Å². The number of carbonyl (C=O) groups is 2. The molecule has 0 aromatic heterocycles. The molecular weight excluding hydrogens is 496 g/mol. The van der Waals surface area contributed by atoms with E-state index in [-0.39, 0.29) is 0 Å². The predicted octanol–water partition coefficient (Wildman–Crippen LogP) is 11.9. The predicted molar refractivity (Wildman–Crippen MR) is 172 cm³/mol. The standard InChI is InChI=1S/C36H68O4/c1-3-5-7-9-11-16-22-28-34(30-24-18-14-20-26-32-36(39)40)33(27-21-15-10-8-6-4-2)29-23-17-12-13-19-25-31-35(37)38/h11,16,33-34H,3-10,12-15,17-32H2,1-2H3,(H,37,38)(H,39,40)/b16-11+. The lowest BCUT2D eigenvalue weighted by Gasteiger charge is -2.28. The summed E-state index contributed by atoms with van der Waals surface area (Å²) in [5.74, 6) is 0.310. The lowest BCUT2D eigenvalue weighted by Crippen LogP contribution is -2.16. The van der Waals surface area contributed by atoms with Crippen molar-refractivity contribution in [2.24, 2.45) is 11.8 Å². The van der Waals surface area contributed by atoms with Crippen molar-refractivity contribution in [3.05, 3.63) is 12.2 Å². The lowest BCUT2D eigenvalue weighted by atomic mass is 9.78. The van der Waals surface area contributed by atoms with Gasteiger partial charge in [0.1, 0.15) is 0 Å². The van der Waals surface area contributed by atoms with Gasteiger partial charge in [0.05, 0.1) is 0 Å². The molecule has 0 aliphatic carbocycles. The fraction of sp³-hybridized carbons (Fsp3) is 0.889.